The molecule has 0 saturated carbocycles. The second kappa shape index (κ2) is 7.49. The van der Waals surface area contributed by atoms with Gasteiger partial charge in [0.05, 0.1) is 18.6 Å². The van der Waals surface area contributed by atoms with E-state index in [4.69, 9.17) is 4.74 Å². The van der Waals surface area contributed by atoms with Crippen LogP contribution >= 0.6 is 0 Å². The zero-order chi connectivity index (χ0) is 17.7. The summed E-state index contributed by atoms with van der Waals surface area (Å²) >= 11 is 0. The number of aryl methyl sites for hydroxylation is 1. The molecule has 6 heteroatoms. The van der Waals surface area contributed by atoms with Crippen LogP contribution in [0.5, 0.6) is 5.75 Å². The zero-order valence-electron chi connectivity index (χ0n) is 13.9. The predicted octanol–water partition coefficient (Wildman–Crippen LogP) is 2.95. The van der Waals surface area contributed by atoms with E-state index in [1.165, 1.54) is 14.0 Å². The van der Waals surface area contributed by atoms with Gasteiger partial charge in [0.25, 0.3) is 0 Å². The fraction of sp³-hybridized carbons (Fsp3) is 0.278. The van der Waals surface area contributed by atoms with Crippen molar-refractivity contribution in [2.24, 2.45) is 0 Å². The molecule has 0 saturated heterocycles. The maximum atomic E-state index is 12.5. The molecule has 0 heterocycles. The van der Waals surface area contributed by atoms with E-state index in [0.717, 1.165) is 5.56 Å². The van der Waals surface area contributed by atoms with Crippen LogP contribution in [0.15, 0.2) is 48.5 Å². The minimum atomic E-state index is -3.63. The summed E-state index contributed by atoms with van der Waals surface area (Å²) in [6.07, 6.45) is 0. The number of ether oxygens (including phenoxy) is 1. The number of hydrogen-bond acceptors (Lipinski definition) is 4. The first-order chi connectivity index (χ1) is 11.3. The molecule has 0 aromatic heterocycles. The Labute approximate surface area is 142 Å². The highest BCUT2D eigenvalue weighted by Gasteiger charge is 2.29. The molecule has 1 N–H and O–H groups in total. The van der Waals surface area contributed by atoms with Gasteiger partial charge in [0.15, 0.2) is 9.84 Å². The third-order valence-electron chi connectivity index (χ3n) is 3.89. The van der Waals surface area contributed by atoms with Gasteiger partial charge in [-0.2, -0.15) is 0 Å². The normalized spacial score (nSPS) is 12.5. The van der Waals surface area contributed by atoms with Gasteiger partial charge in [-0.3, -0.25) is 4.79 Å². The minimum Gasteiger partial charge on any atom is -0.495 e. The molecular weight excluding hydrogens is 326 g/mol. The van der Waals surface area contributed by atoms with Crippen molar-refractivity contribution in [1.29, 1.82) is 0 Å². The summed E-state index contributed by atoms with van der Waals surface area (Å²) < 4.78 is 30.3. The van der Waals surface area contributed by atoms with Crippen LogP contribution in [0.2, 0.25) is 0 Å². The van der Waals surface area contributed by atoms with Gasteiger partial charge < -0.3 is 10.1 Å². The number of anilines is 1. The van der Waals surface area contributed by atoms with E-state index >= 15 is 0 Å². The van der Waals surface area contributed by atoms with Gasteiger partial charge in [0, 0.05) is 0 Å². The van der Waals surface area contributed by atoms with Crippen molar-refractivity contribution < 1.29 is 17.9 Å². The summed E-state index contributed by atoms with van der Waals surface area (Å²) in [7, 11) is -2.14. The average Bonchev–Trinajstić information content (AvgIpc) is 2.56. The second-order valence-corrected chi connectivity index (χ2v) is 7.89. The number of rotatable bonds is 6. The van der Waals surface area contributed by atoms with Gasteiger partial charge in [0.2, 0.25) is 5.91 Å². The molecule has 2 aromatic rings. The second-order valence-electron chi connectivity index (χ2n) is 5.57. The Morgan fingerprint density at radius 2 is 1.75 bits per heavy atom. The molecule has 128 valence electrons. The molecule has 5 nitrogen and oxygen atoms in total. The molecule has 2 aromatic carbocycles. The van der Waals surface area contributed by atoms with Gasteiger partial charge in [-0.25, -0.2) is 8.42 Å². The highest BCUT2D eigenvalue weighted by atomic mass is 32.2. The lowest BCUT2D eigenvalue weighted by Crippen LogP contribution is -2.33. The molecule has 1 amide bonds. The zero-order valence-corrected chi connectivity index (χ0v) is 14.8. The molecule has 24 heavy (non-hydrogen) atoms. The molecule has 0 bridgehead atoms. The highest BCUT2D eigenvalue weighted by Crippen LogP contribution is 2.24. The van der Waals surface area contributed by atoms with E-state index in [0.29, 0.717) is 17.0 Å². The van der Waals surface area contributed by atoms with Crippen molar-refractivity contribution >= 4 is 21.4 Å². The van der Waals surface area contributed by atoms with Crippen LogP contribution in [-0.4, -0.2) is 26.7 Å². The Hall–Kier alpha value is -2.34. The lowest BCUT2D eigenvalue weighted by Gasteiger charge is -2.15. The van der Waals surface area contributed by atoms with Crippen molar-refractivity contribution in [3.8, 4) is 5.75 Å². The van der Waals surface area contributed by atoms with Crippen molar-refractivity contribution in [3.05, 3.63) is 59.7 Å². The third kappa shape index (κ3) is 4.14. The van der Waals surface area contributed by atoms with Crippen LogP contribution in [0.25, 0.3) is 0 Å². The van der Waals surface area contributed by atoms with Crippen molar-refractivity contribution in [2.75, 3.05) is 12.4 Å². The lowest BCUT2D eigenvalue weighted by atomic mass is 10.1. The summed E-state index contributed by atoms with van der Waals surface area (Å²) in [5, 5.41) is 1.46. The molecule has 0 fully saturated rings. The van der Waals surface area contributed by atoms with Gasteiger partial charge in [-0.05, 0) is 37.1 Å². The SMILES string of the molecule is COc1ccccc1NC(=O)[C@H](C)S(=O)(=O)Cc1ccccc1C. The fourth-order valence-corrected chi connectivity index (χ4v) is 3.65. The standard InChI is InChI=1S/C18H21NO4S/c1-13-8-4-5-9-15(13)12-24(21,22)14(2)18(20)19-16-10-6-7-11-17(16)23-3/h4-11,14H,12H2,1-3H3,(H,19,20)/t14-/m0/s1. The van der Waals surface area contributed by atoms with Gasteiger partial charge in [0.1, 0.15) is 11.0 Å². The van der Waals surface area contributed by atoms with Crippen molar-refractivity contribution in [1.82, 2.24) is 0 Å². The average molecular weight is 347 g/mol. The molecule has 2 rings (SSSR count). The van der Waals surface area contributed by atoms with Gasteiger partial charge >= 0.3 is 0 Å². The summed E-state index contributed by atoms with van der Waals surface area (Å²) in [6.45, 7) is 3.25. The van der Waals surface area contributed by atoms with Gasteiger partial charge in [-0.1, -0.05) is 36.4 Å². The topological polar surface area (TPSA) is 72.5 Å². The maximum absolute atomic E-state index is 12.5. The number of carbonyl (C=O) groups excluding carboxylic acids is 1. The van der Waals surface area contributed by atoms with Crippen molar-refractivity contribution in [2.45, 2.75) is 24.9 Å². The number of para-hydroxylation sites is 2. The number of nitrogens with one attached hydrogen (secondary N) is 1. The van der Waals surface area contributed by atoms with E-state index in [1.54, 1.807) is 36.4 Å². The number of benzene rings is 2. The van der Waals surface area contributed by atoms with Crippen LogP contribution in [0.3, 0.4) is 0 Å². The summed E-state index contributed by atoms with van der Waals surface area (Å²) in [4.78, 5) is 12.4. The molecule has 0 aliphatic carbocycles. The summed E-state index contributed by atoms with van der Waals surface area (Å²) in [5.74, 6) is -0.261. The number of sulfone groups is 1. The van der Waals surface area contributed by atoms with E-state index in [-0.39, 0.29) is 5.75 Å². The molecule has 0 spiro atoms. The molecule has 0 unspecified atom stereocenters. The van der Waals surface area contributed by atoms with E-state index < -0.39 is 21.0 Å². The first-order valence-corrected chi connectivity index (χ1v) is 9.26. The third-order valence-corrected chi connectivity index (χ3v) is 5.90. The Morgan fingerprint density at radius 3 is 2.42 bits per heavy atom. The minimum absolute atomic E-state index is 0.166. The van der Waals surface area contributed by atoms with Gasteiger partial charge in [-0.15, -0.1) is 0 Å². The van der Waals surface area contributed by atoms with Crippen LogP contribution in [0.1, 0.15) is 18.1 Å². The highest BCUT2D eigenvalue weighted by molar-refractivity contribution is 7.92. The number of carbonyl (C=O) groups is 1. The van der Waals surface area contributed by atoms with Crippen LogP contribution in [-0.2, 0) is 20.4 Å². The molecule has 0 aliphatic rings. The predicted molar refractivity (Wildman–Crippen MR) is 94.9 cm³/mol. The monoisotopic (exact) mass is 347 g/mol. The fourth-order valence-electron chi connectivity index (χ4n) is 2.26. The number of hydrogen-bond donors (Lipinski definition) is 1. The molecular formula is C18H21NO4S. The Kier molecular flexibility index (Phi) is 5.62. The number of methoxy groups -OCH3 is 1. The maximum Gasteiger partial charge on any atom is 0.242 e. The first-order valence-electron chi connectivity index (χ1n) is 7.55. The lowest BCUT2D eigenvalue weighted by molar-refractivity contribution is -0.115. The van der Waals surface area contributed by atoms with Crippen LogP contribution in [0.4, 0.5) is 5.69 Å². The summed E-state index contributed by atoms with van der Waals surface area (Å²) in [6, 6.07) is 14.1. The Balaban J connectivity index is 2.16. The smallest absolute Gasteiger partial charge is 0.242 e. The van der Waals surface area contributed by atoms with Crippen LogP contribution < -0.4 is 10.1 Å². The van der Waals surface area contributed by atoms with E-state index in [9.17, 15) is 13.2 Å². The first kappa shape index (κ1) is 18.0. The molecule has 1 atom stereocenters. The van der Waals surface area contributed by atoms with Crippen LogP contribution in [0, 0.1) is 6.92 Å². The summed E-state index contributed by atoms with van der Waals surface area (Å²) in [5.41, 5.74) is 2.04. The Morgan fingerprint density at radius 1 is 1.12 bits per heavy atom. The Bertz CT molecular complexity index is 830. The molecule has 0 radical (unpaired) electrons. The van der Waals surface area contributed by atoms with Crippen molar-refractivity contribution in [3.63, 3.8) is 0 Å². The number of amides is 1. The quantitative estimate of drug-likeness (QED) is 0.872. The molecule has 0 aliphatic heterocycles. The largest absolute Gasteiger partial charge is 0.495 e. The van der Waals surface area contributed by atoms with E-state index in [2.05, 4.69) is 5.32 Å². The van der Waals surface area contributed by atoms with E-state index in [1.807, 2.05) is 19.1 Å².